The second-order valence-electron chi connectivity index (χ2n) is 6.06. The van der Waals surface area contributed by atoms with Crippen LogP contribution in [0.4, 0.5) is 0 Å². The molecule has 8 heteroatoms. The Morgan fingerprint density at radius 3 is 2.65 bits per heavy atom. The van der Waals surface area contributed by atoms with Crippen molar-refractivity contribution < 1.29 is 9.32 Å². The number of piperazine rings is 1. The van der Waals surface area contributed by atoms with Crippen molar-refractivity contribution in [2.24, 2.45) is 0 Å². The number of carbonyl (C=O) groups is 1. The molecule has 2 aromatic heterocycles. The molecule has 0 unspecified atom stereocenters. The molecule has 0 atom stereocenters. The van der Waals surface area contributed by atoms with Gasteiger partial charge < -0.3 is 9.42 Å². The highest BCUT2D eigenvalue weighted by molar-refractivity contribution is 5.92. The molecule has 1 fully saturated rings. The Morgan fingerprint density at radius 1 is 1.26 bits per heavy atom. The van der Waals surface area contributed by atoms with Crippen LogP contribution in [-0.4, -0.2) is 68.4 Å². The lowest BCUT2D eigenvalue weighted by atomic mass is 10.1. The normalized spacial score (nSPS) is 16.2. The largest absolute Gasteiger partial charge is 0.360 e. The predicted molar refractivity (Wildman–Crippen MR) is 83.0 cm³/mol. The maximum atomic E-state index is 12.4. The minimum absolute atomic E-state index is 0.0448. The standard InChI is InChI=1S/C15H22N6O2/c1-12(2)14-9-13(18-23-14)15(22)20-6-3-19(4-7-20)5-8-21-11-16-10-17-21/h9-12H,3-8H2,1-2H3. The molecule has 0 radical (unpaired) electrons. The first-order valence-electron chi connectivity index (χ1n) is 7.94. The topological polar surface area (TPSA) is 80.3 Å². The van der Waals surface area contributed by atoms with Gasteiger partial charge in [-0.3, -0.25) is 14.4 Å². The number of nitrogens with zero attached hydrogens (tertiary/aromatic N) is 6. The zero-order valence-electron chi connectivity index (χ0n) is 13.6. The van der Waals surface area contributed by atoms with Gasteiger partial charge in [-0.15, -0.1) is 0 Å². The highest BCUT2D eigenvalue weighted by Gasteiger charge is 2.24. The first kappa shape index (κ1) is 15.7. The van der Waals surface area contributed by atoms with E-state index in [2.05, 4.69) is 20.1 Å². The van der Waals surface area contributed by atoms with E-state index in [4.69, 9.17) is 4.52 Å². The minimum atomic E-state index is -0.0448. The van der Waals surface area contributed by atoms with E-state index in [0.717, 1.165) is 31.9 Å². The Kier molecular flexibility index (Phi) is 4.71. The summed E-state index contributed by atoms with van der Waals surface area (Å²) in [6, 6.07) is 1.75. The number of aromatic nitrogens is 4. The Balaban J connectivity index is 1.48. The molecular weight excluding hydrogens is 296 g/mol. The molecule has 3 heterocycles. The Labute approximate surface area is 135 Å². The summed E-state index contributed by atoms with van der Waals surface area (Å²) in [6.07, 6.45) is 3.26. The molecule has 1 aliphatic rings. The van der Waals surface area contributed by atoms with E-state index in [9.17, 15) is 4.79 Å². The fourth-order valence-corrected chi connectivity index (χ4v) is 2.59. The lowest BCUT2D eigenvalue weighted by molar-refractivity contribution is 0.0622. The van der Waals surface area contributed by atoms with Gasteiger partial charge in [0.25, 0.3) is 5.91 Å². The fourth-order valence-electron chi connectivity index (χ4n) is 2.59. The summed E-state index contributed by atoms with van der Waals surface area (Å²) in [4.78, 5) is 20.6. The van der Waals surface area contributed by atoms with Crippen LogP contribution >= 0.6 is 0 Å². The first-order valence-corrected chi connectivity index (χ1v) is 7.94. The maximum absolute atomic E-state index is 12.4. The average Bonchev–Trinajstić information content (AvgIpc) is 3.24. The van der Waals surface area contributed by atoms with Crippen molar-refractivity contribution in [3.05, 3.63) is 30.2 Å². The van der Waals surface area contributed by atoms with Crippen molar-refractivity contribution in [2.45, 2.75) is 26.3 Å². The van der Waals surface area contributed by atoms with Crippen LogP contribution in [0.2, 0.25) is 0 Å². The second-order valence-corrected chi connectivity index (χ2v) is 6.06. The summed E-state index contributed by atoms with van der Waals surface area (Å²) < 4.78 is 7.04. The summed E-state index contributed by atoms with van der Waals surface area (Å²) in [5.41, 5.74) is 0.407. The lowest BCUT2D eigenvalue weighted by Gasteiger charge is -2.34. The van der Waals surface area contributed by atoms with Gasteiger partial charge in [0.2, 0.25) is 0 Å². The van der Waals surface area contributed by atoms with Gasteiger partial charge in [0.1, 0.15) is 18.4 Å². The SMILES string of the molecule is CC(C)c1cc(C(=O)N2CCN(CCn3cncn3)CC2)no1. The third-order valence-corrected chi connectivity index (χ3v) is 4.09. The van der Waals surface area contributed by atoms with Gasteiger partial charge in [-0.25, -0.2) is 4.98 Å². The molecule has 0 aliphatic carbocycles. The number of hydrogen-bond donors (Lipinski definition) is 0. The van der Waals surface area contributed by atoms with Crippen molar-refractivity contribution in [1.82, 2.24) is 29.7 Å². The number of hydrogen-bond acceptors (Lipinski definition) is 6. The molecule has 0 N–H and O–H groups in total. The molecule has 1 saturated heterocycles. The first-order chi connectivity index (χ1) is 11.1. The van der Waals surface area contributed by atoms with Crippen molar-refractivity contribution in [1.29, 1.82) is 0 Å². The minimum Gasteiger partial charge on any atom is -0.360 e. The molecule has 1 amide bonds. The zero-order chi connectivity index (χ0) is 16.2. The van der Waals surface area contributed by atoms with Crippen LogP contribution in [0.1, 0.15) is 36.0 Å². The van der Waals surface area contributed by atoms with Gasteiger partial charge in [0.05, 0.1) is 6.54 Å². The summed E-state index contributed by atoms with van der Waals surface area (Å²) in [5, 5.41) is 8.00. The van der Waals surface area contributed by atoms with E-state index in [-0.39, 0.29) is 11.8 Å². The van der Waals surface area contributed by atoms with Gasteiger partial charge >= 0.3 is 0 Å². The molecule has 0 bridgehead atoms. The Hall–Kier alpha value is -2.22. The molecule has 124 valence electrons. The molecule has 0 aromatic carbocycles. The van der Waals surface area contributed by atoms with Gasteiger partial charge in [-0.05, 0) is 0 Å². The van der Waals surface area contributed by atoms with Crippen LogP contribution in [0, 0.1) is 0 Å². The highest BCUT2D eigenvalue weighted by atomic mass is 16.5. The third-order valence-electron chi connectivity index (χ3n) is 4.09. The second kappa shape index (κ2) is 6.91. The van der Waals surface area contributed by atoms with E-state index in [1.807, 2.05) is 23.4 Å². The van der Waals surface area contributed by atoms with Crippen molar-refractivity contribution >= 4 is 5.91 Å². The van der Waals surface area contributed by atoms with Crippen LogP contribution in [0.25, 0.3) is 0 Å². The summed E-state index contributed by atoms with van der Waals surface area (Å²) in [7, 11) is 0. The van der Waals surface area contributed by atoms with Gasteiger partial charge in [-0.1, -0.05) is 19.0 Å². The molecule has 2 aromatic rings. The Bertz CT molecular complexity index is 628. The van der Waals surface area contributed by atoms with Gasteiger partial charge in [0.15, 0.2) is 5.69 Å². The monoisotopic (exact) mass is 318 g/mol. The van der Waals surface area contributed by atoms with E-state index in [1.165, 1.54) is 0 Å². The fraction of sp³-hybridized carbons (Fsp3) is 0.600. The van der Waals surface area contributed by atoms with Crippen LogP contribution in [-0.2, 0) is 6.54 Å². The third kappa shape index (κ3) is 3.76. The Morgan fingerprint density at radius 2 is 2.04 bits per heavy atom. The van der Waals surface area contributed by atoms with Gasteiger partial charge in [-0.2, -0.15) is 5.10 Å². The zero-order valence-corrected chi connectivity index (χ0v) is 13.6. The van der Waals surface area contributed by atoms with Crippen LogP contribution < -0.4 is 0 Å². The highest BCUT2D eigenvalue weighted by Crippen LogP contribution is 2.16. The summed E-state index contributed by atoms with van der Waals surface area (Å²) >= 11 is 0. The smallest absolute Gasteiger partial charge is 0.276 e. The lowest BCUT2D eigenvalue weighted by Crippen LogP contribution is -2.49. The van der Waals surface area contributed by atoms with E-state index < -0.39 is 0 Å². The predicted octanol–water partition coefficient (Wildman–Crippen LogP) is 0.848. The molecule has 3 rings (SSSR count). The number of carbonyl (C=O) groups excluding carboxylic acids is 1. The number of amides is 1. The van der Waals surface area contributed by atoms with Crippen molar-refractivity contribution in [3.63, 3.8) is 0 Å². The van der Waals surface area contributed by atoms with E-state index in [0.29, 0.717) is 18.8 Å². The van der Waals surface area contributed by atoms with Gasteiger partial charge in [0, 0.05) is 44.7 Å². The molecule has 0 saturated carbocycles. The molecule has 1 aliphatic heterocycles. The summed E-state index contributed by atoms with van der Waals surface area (Å²) in [6.45, 7) is 8.89. The quantitative estimate of drug-likeness (QED) is 0.813. The van der Waals surface area contributed by atoms with E-state index in [1.54, 1.807) is 18.7 Å². The van der Waals surface area contributed by atoms with E-state index >= 15 is 0 Å². The van der Waals surface area contributed by atoms with Crippen LogP contribution in [0.3, 0.4) is 0 Å². The molecule has 0 spiro atoms. The molecular formula is C15H22N6O2. The average molecular weight is 318 g/mol. The number of rotatable bonds is 5. The molecule has 8 nitrogen and oxygen atoms in total. The van der Waals surface area contributed by atoms with Crippen molar-refractivity contribution in [3.8, 4) is 0 Å². The molecule has 23 heavy (non-hydrogen) atoms. The van der Waals surface area contributed by atoms with Crippen molar-refractivity contribution in [2.75, 3.05) is 32.7 Å². The maximum Gasteiger partial charge on any atom is 0.276 e. The van der Waals surface area contributed by atoms with Crippen LogP contribution in [0.5, 0.6) is 0 Å². The summed E-state index contributed by atoms with van der Waals surface area (Å²) in [5.74, 6) is 0.939. The van der Waals surface area contributed by atoms with Crippen LogP contribution in [0.15, 0.2) is 23.2 Å².